The van der Waals surface area contributed by atoms with Crippen LogP contribution in [0.1, 0.15) is 30.6 Å². The number of aryl methyl sites for hydroxylation is 1. The molecule has 0 saturated heterocycles. The molecular weight excluding hydrogens is 262 g/mol. The molecule has 1 unspecified atom stereocenters. The summed E-state index contributed by atoms with van der Waals surface area (Å²) >= 11 is 0. The van der Waals surface area contributed by atoms with Gasteiger partial charge in [0.15, 0.2) is 0 Å². The van der Waals surface area contributed by atoms with Gasteiger partial charge in [0, 0.05) is 17.9 Å². The second-order valence-electron chi connectivity index (χ2n) is 5.38. The SMILES string of the molecule is C[C@@H](NC1CCc2ccccc2NC1=O)c1ccccn1. The number of amides is 1. The fraction of sp³-hybridized carbons (Fsp3) is 0.294. The van der Waals surface area contributed by atoms with Gasteiger partial charge in [0.2, 0.25) is 5.91 Å². The van der Waals surface area contributed by atoms with Crippen molar-refractivity contribution in [3.8, 4) is 0 Å². The summed E-state index contributed by atoms with van der Waals surface area (Å²) in [6.07, 6.45) is 3.46. The van der Waals surface area contributed by atoms with Crippen molar-refractivity contribution in [2.75, 3.05) is 5.32 Å². The van der Waals surface area contributed by atoms with Crippen molar-refractivity contribution in [3.63, 3.8) is 0 Å². The first-order valence-electron chi connectivity index (χ1n) is 7.30. The number of hydrogen-bond acceptors (Lipinski definition) is 3. The maximum absolute atomic E-state index is 12.3. The molecule has 1 aliphatic rings. The first-order chi connectivity index (χ1) is 10.2. The molecule has 4 heteroatoms. The van der Waals surface area contributed by atoms with Gasteiger partial charge in [-0.3, -0.25) is 15.1 Å². The summed E-state index contributed by atoms with van der Waals surface area (Å²) in [4.78, 5) is 16.7. The number of carbonyl (C=O) groups excluding carboxylic acids is 1. The quantitative estimate of drug-likeness (QED) is 0.909. The van der Waals surface area contributed by atoms with E-state index < -0.39 is 0 Å². The van der Waals surface area contributed by atoms with E-state index in [1.807, 2.05) is 43.3 Å². The average molecular weight is 281 g/mol. The van der Waals surface area contributed by atoms with Gasteiger partial charge in [-0.1, -0.05) is 24.3 Å². The average Bonchev–Trinajstić information content (AvgIpc) is 2.67. The van der Waals surface area contributed by atoms with Crippen LogP contribution in [0.5, 0.6) is 0 Å². The van der Waals surface area contributed by atoms with E-state index in [2.05, 4.69) is 21.7 Å². The molecule has 0 fully saturated rings. The molecule has 4 nitrogen and oxygen atoms in total. The van der Waals surface area contributed by atoms with Crippen molar-refractivity contribution in [2.24, 2.45) is 0 Å². The normalized spacial score (nSPS) is 19.3. The lowest BCUT2D eigenvalue weighted by atomic mass is 10.0. The Balaban J connectivity index is 1.71. The zero-order valence-corrected chi connectivity index (χ0v) is 12.0. The number of nitrogens with one attached hydrogen (secondary N) is 2. The van der Waals surface area contributed by atoms with Crippen LogP contribution in [-0.2, 0) is 11.2 Å². The molecule has 0 bridgehead atoms. The number of pyridine rings is 1. The number of carbonyl (C=O) groups is 1. The minimum absolute atomic E-state index is 0.0303. The van der Waals surface area contributed by atoms with Crippen LogP contribution in [0.4, 0.5) is 5.69 Å². The molecule has 1 aromatic heterocycles. The standard InChI is InChI=1S/C17H19N3O/c1-12(14-7-4-5-11-18-14)19-16-10-9-13-6-2-3-8-15(13)20-17(16)21/h2-8,11-12,16,19H,9-10H2,1H3,(H,20,21)/t12-,16?/m1/s1. The van der Waals surface area contributed by atoms with Crippen molar-refractivity contribution in [1.29, 1.82) is 0 Å². The Morgan fingerprint density at radius 2 is 2.05 bits per heavy atom. The Bertz CT molecular complexity index is 627. The highest BCUT2D eigenvalue weighted by Gasteiger charge is 2.25. The predicted octanol–water partition coefficient (Wildman–Crippen LogP) is 2.69. The predicted molar refractivity (Wildman–Crippen MR) is 83.0 cm³/mol. The summed E-state index contributed by atoms with van der Waals surface area (Å²) in [5, 5.41) is 6.39. The fourth-order valence-electron chi connectivity index (χ4n) is 2.69. The molecule has 21 heavy (non-hydrogen) atoms. The van der Waals surface area contributed by atoms with Crippen LogP contribution in [0.3, 0.4) is 0 Å². The second-order valence-corrected chi connectivity index (χ2v) is 5.38. The van der Waals surface area contributed by atoms with Gasteiger partial charge in [0.25, 0.3) is 0 Å². The molecule has 1 amide bonds. The maximum atomic E-state index is 12.3. The number of rotatable bonds is 3. The highest BCUT2D eigenvalue weighted by Crippen LogP contribution is 2.22. The molecule has 0 saturated carbocycles. The third-order valence-electron chi connectivity index (χ3n) is 3.88. The van der Waals surface area contributed by atoms with Crippen molar-refractivity contribution in [1.82, 2.24) is 10.3 Å². The number of para-hydroxylation sites is 1. The number of nitrogens with zero attached hydrogens (tertiary/aromatic N) is 1. The Morgan fingerprint density at radius 1 is 1.24 bits per heavy atom. The van der Waals surface area contributed by atoms with Gasteiger partial charge in [-0.05, 0) is 43.5 Å². The molecule has 2 N–H and O–H groups in total. The lowest BCUT2D eigenvalue weighted by Gasteiger charge is -2.20. The minimum atomic E-state index is -0.200. The lowest BCUT2D eigenvalue weighted by molar-refractivity contribution is -0.118. The summed E-state index contributed by atoms with van der Waals surface area (Å²) in [5.74, 6) is 0.0303. The van der Waals surface area contributed by atoms with E-state index in [1.54, 1.807) is 6.20 Å². The largest absolute Gasteiger partial charge is 0.324 e. The molecule has 1 aliphatic heterocycles. The highest BCUT2D eigenvalue weighted by atomic mass is 16.2. The fourth-order valence-corrected chi connectivity index (χ4v) is 2.69. The van der Waals surface area contributed by atoms with Crippen molar-refractivity contribution in [2.45, 2.75) is 31.8 Å². The Hall–Kier alpha value is -2.20. The summed E-state index contributed by atoms with van der Waals surface area (Å²) < 4.78 is 0. The smallest absolute Gasteiger partial charge is 0.241 e. The number of aromatic nitrogens is 1. The van der Waals surface area contributed by atoms with Crippen LogP contribution in [0.2, 0.25) is 0 Å². The van der Waals surface area contributed by atoms with E-state index in [0.717, 1.165) is 24.2 Å². The molecule has 2 atom stereocenters. The minimum Gasteiger partial charge on any atom is -0.324 e. The monoisotopic (exact) mass is 281 g/mol. The Morgan fingerprint density at radius 3 is 2.86 bits per heavy atom. The van der Waals surface area contributed by atoms with Crippen LogP contribution in [0.15, 0.2) is 48.7 Å². The molecule has 2 aromatic rings. The number of hydrogen-bond donors (Lipinski definition) is 2. The summed E-state index contributed by atoms with van der Waals surface area (Å²) in [5.41, 5.74) is 3.07. The van der Waals surface area contributed by atoms with Gasteiger partial charge < -0.3 is 5.32 Å². The van der Waals surface area contributed by atoms with E-state index in [0.29, 0.717) is 0 Å². The van der Waals surface area contributed by atoms with Crippen LogP contribution >= 0.6 is 0 Å². The summed E-state index contributed by atoms with van der Waals surface area (Å²) in [7, 11) is 0. The van der Waals surface area contributed by atoms with Gasteiger partial charge in [0.05, 0.1) is 11.7 Å². The third-order valence-corrected chi connectivity index (χ3v) is 3.88. The molecule has 3 rings (SSSR count). The van der Waals surface area contributed by atoms with Crippen LogP contribution in [0.25, 0.3) is 0 Å². The first kappa shape index (κ1) is 13.8. The molecular formula is C17H19N3O. The van der Waals surface area contributed by atoms with Gasteiger partial charge in [0.1, 0.15) is 0 Å². The molecule has 0 radical (unpaired) electrons. The van der Waals surface area contributed by atoms with E-state index in [-0.39, 0.29) is 18.0 Å². The summed E-state index contributed by atoms with van der Waals surface area (Å²) in [6.45, 7) is 2.04. The maximum Gasteiger partial charge on any atom is 0.241 e. The molecule has 1 aromatic carbocycles. The van der Waals surface area contributed by atoms with E-state index in [9.17, 15) is 4.79 Å². The molecule has 2 heterocycles. The van der Waals surface area contributed by atoms with Crippen LogP contribution < -0.4 is 10.6 Å². The van der Waals surface area contributed by atoms with Crippen LogP contribution in [0, 0.1) is 0 Å². The number of anilines is 1. The summed E-state index contributed by atoms with van der Waals surface area (Å²) in [6, 6.07) is 13.7. The Kier molecular flexibility index (Phi) is 3.97. The van der Waals surface area contributed by atoms with Gasteiger partial charge in [-0.15, -0.1) is 0 Å². The Labute approximate surface area is 124 Å². The van der Waals surface area contributed by atoms with Gasteiger partial charge >= 0.3 is 0 Å². The van der Waals surface area contributed by atoms with E-state index in [4.69, 9.17) is 0 Å². The zero-order chi connectivity index (χ0) is 14.7. The third kappa shape index (κ3) is 3.11. The topological polar surface area (TPSA) is 54.0 Å². The second kappa shape index (κ2) is 6.06. The lowest BCUT2D eigenvalue weighted by Crippen LogP contribution is -2.41. The van der Waals surface area contributed by atoms with Crippen molar-refractivity contribution in [3.05, 3.63) is 59.9 Å². The molecule has 0 spiro atoms. The highest BCUT2D eigenvalue weighted by molar-refractivity contribution is 5.96. The number of fused-ring (bicyclic) bond motifs is 1. The van der Waals surface area contributed by atoms with Gasteiger partial charge in [-0.2, -0.15) is 0 Å². The van der Waals surface area contributed by atoms with Crippen molar-refractivity contribution < 1.29 is 4.79 Å². The molecule has 108 valence electrons. The zero-order valence-electron chi connectivity index (χ0n) is 12.0. The van der Waals surface area contributed by atoms with E-state index >= 15 is 0 Å². The van der Waals surface area contributed by atoms with Crippen LogP contribution in [-0.4, -0.2) is 16.9 Å². The van der Waals surface area contributed by atoms with Gasteiger partial charge in [-0.25, -0.2) is 0 Å². The van der Waals surface area contributed by atoms with Crippen molar-refractivity contribution >= 4 is 11.6 Å². The van der Waals surface area contributed by atoms with E-state index in [1.165, 1.54) is 5.56 Å². The molecule has 0 aliphatic carbocycles. The number of benzene rings is 1. The first-order valence-corrected chi connectivity index (χ1v) is 7.30.